The second kappa shape index (κ2) is 38.9. The summed E-state index contributed by atoms with van der Waals surface area (Å²) in [4.78, 5) is 16.9. The lowest BCUT2D eigenvalue weighted by molar-refractivity contribution is -0.0292. The Morgan fingerprint density at radius 2 is 0.814 bits per heavy atom. The van der Waals surface area contributed by atoms with Gasteiger partial charge >= 0.3 is 7.12 Å². The molecule has 10 nitrogen and oxygen atoms in total. The zero-order chi connectivity index (χ0) is 64.4. The molecule has 33 radical (unpaired) electrons. The summed E-state index contributed by atoms with van der Waals surface area (Å²) in [7, 11) is 97.7. The average molecular weight is 1230 g/mol. The van der Waals surface area contributed by atoms with Gasteiger partial charge in [-0.05, 0) is 151 Å². The first-order valence-electron chi connectivity index (χ1n) is 29.1. The molecule has 0 amide bonds. The van der Waals surface area contributed by atoms with Gasteiger partial charge in [-0.15, -0.1) is 0 Å². The molecule has 4 aliphatic rings. The molecule has 399 valence electrons. The van der Waals surface area contributed by atoms with Crippen LogP contribution >= 0.6 is 31.9 Å². The number of aromatic nitrogens is 3. The highest BCUT2D eigenvalue weighted by Crippen LogP contribution is 2.36. The van der Waals surface area contributed by atoms with Crippen molar-refractivity contribution in [3.05, 3.63) is 69.9 Å². The minimum absolute atomic E-state index is 0. The molecule has 4 saturated heterocycles. The van der Waals surface area contributed by atoms with Gasteiger partial charge in [0, 0.05) is 279 Å². The topological polar surface area (TPSA) is 91.3 Å². The smallest absolute Gasteiger partial charge is 0.399 e. The predicted molar refractivity (Wildman–Crippen MR) is 407 cm³/mol. The molecule has 6 atom stereocenters. The van der Waals surface area contributed by atoms with Crippen LogP contribution in [0.15, 0.2) is 63.9 Å². The summed E-state index contributed by atoms with van der Waals surface area (Å²) < 4.78 is 42.9. The molecule has 0 N–H and O–H groups in total. The minimum atomic E-state index is -1.07. The monoisotopic (exact) mass is 1230 g/mol. The molecular weight excluding hydrogens is 1170 g/mol. The van der Waals surface area contributed by atoms with Crippen LogP contribution in [0.5, 0.6) is 0 Å². The number of halogens is 3. The van der Waals surface area contributed by atoms with Crippen LogP contribution in [0.3, 0.4) is 0 Å². The Balaban J connectivity index is 0.000000398. The van der Waals surface area contributed by atoms with Crippen molar-refractivity contribution in [2.45, 2.75) is 144 Å². The number of hydrogen-bond acceptors (Lipinski definition) is 10. The van der Waals surface area contributed by atoms with E-state index in [1.54, 1.807) is 6.07 Å². The number of nitrogens with zero attached hydrogens (tertiary/aromatic N) is 5. The van der Waals surface area contributed by atoms with E-state index in [4.69, 9.17) is 147 Å². The fourth-order valence-corrected chi connectivity index (χ4v) is 11.8. The lowest BCUT2D eigenvalue weighted by Crippen LogP contribution is -2.89. The summed E-state index contributed by atoms with van der Waals surface area (Å²) in [5.41, 5.74) is 0.304. The van der Waals surface area contributed by atoms with E-state index in [0.717, 1.165) is 52.2 Å². The predicted octanol–water partition coefficient (Wildman–Crippen LogP) is -2.77. The van der Waals surface area contributed by atoms with Crippen molar-refractivity contribution >= 4 is 276 Å². The maximum atomic E-state index is 12.0. The number of pyridine rings is 3. The van der Waals surface area contributed by atoms with E-state index >= 15 is 0 Å². The van der Waals surface area contributed by atoms with Gasteiger partial charge < -0.3 is 33.3 Å². The molecular formula is C41H63B32Br2FN5O5. The van der Waals surface area contributed by atoms with Crippen LogP contribution < -0.4 is 15.3 Å². The molecule has 0 aliphatic carbocycles. The lowest BCUT2D eigenvalue weighted by Gasteiger charge is -2.50. The number of hydrogen-bond donors (Lipinski definition) is 0. The summed E-state index contributed by atoms with van der Waals surface area (Å²) >= 11 is 6.50. The van der Waals surface area contributed by atoms with Crippen molar-refractivity contribution in [1.82, 2.24) is 15.0 Å². The fraction of sp³-hybridized carbons (Fsp3) is 0.634. The van der Waals surface area contributed by atoms with Crippen LogP contribution in [0.1, 0.15) is 95.9 Å². The molecule has 86 heavy (non-hydrogen) atoms. The van der Waals surface area contributed by atoms with Gasteiger partial charge in [-0.25, -0.2) is 15.0 Å². The third-order valence-electron chi connectivity index (χ3n) is 15.9. The molecule has 0 bridgehead atoms. The number of ether oxygens (including phenoxy) is 3. The van der Waals surface area contributed by atoms with Crippen molar-refractivity contribution in [2.75, 3.05) is 36.0 Å². The van der Waals surface area contributed by atoms with Crippen molar-refractivity contribution in [3.63, 3.8) is 0 Å². The lowest BCUT2D eigenvalue weighted by atomic mass is 8.31. The Bertz CT molecular complexity index is 2250. The van der Waals surface area contributed by atoms with Crippen LogP contribution in [0, 0.1) is 5.95 Å². The van der Waals surface area contributed by atoms with Gasteiger partial charge in [-0.3, -0.25) is 0 Å². The van der Waals surface area contributed by atoms with Gasteiger partial charge in [0.25, 0.3) is 0 Å². The highest BCUT2D eigenvalue weighted by molar-refractivity contribution is 9.10. The maximum Gasteiger partial charge on any atom is 0.496 e. The summed E-state index contributed by atoms with van der Waals surface area (Å²) in [6.45, 7) is 24.5. The molecule has 3 aromatic rings. The second-order valence-electron chi connectivity index (χ2n) is 24.0. The fourth-order valence-electron chi connectivity index (χ4n) is 11.3. The Kier molecular flexibility index (Phi) is 37.0. The molecule has 3 aromatic heterocycles. The first-order chi connectivity index (χ1) is 39.5. The summed E-state index contributed by atoms with van der Waals surface area (Å²) in [5.74, 6) is 1.56. The summed E-state index contributed by atoms with van der Waals surface area (Å²) in [5, 5.41) is 0. The largest absolute Gasteiger partial charge is 0.496 e. The second-order valence-corrected chi connectivity index (χ2v) is 25.8. The highest BCUT2D eigenvalue weighted by atomic mass is 79.9. The van der Waals surface area contributed by atoms with Gasteiger partial charge in [-0.1, -0.05) is 13.5 Å². The van der Waals surface area contributed by atoms with Crippen molar-refractivity contribution in [1.29, 1.82) is 0 Å². The van der Waals surface area contributed by atoms with E-state index in [1.165, 1.54) is 38.6 Å². The van der Waals surface area contributed by atoms with Crippen molar-refractivity contribution in [3.8, 4) is 0 Å². The number of anilines is 2. The van der Waals surface area contributed by atoms with Gasteiger partial charge in [0.2, 0.25) is 5.95 Å². The normalized spacial score (nSPS) is 20.6. The van der Waals surface area contributed by atoms with Crippen LogP contribution in [-0.4, -0.2) is 316 Å². The van der Waals surface area contributed by atoms with Crippen molar-refractivity contribution in [2.24, 2.45) is 0 Å². The molecule has 0 spiro atoms. The van der Waals surface area contributed by atoms with Crippen LogP contribution in [-0.2, 0) is 23.5 Å². The quantitative estimate of drug-likeness (QED) is 0.105. The third kappa shape index (κ3) is 26.0. The summed E-state index contributed by atoms with van der Waals surface area (Å²) in [6.07, 6.45) is -2.41. The van der Waals surface area contributed by atoms with Gasteiger partial charge in [0.05, 0.1) is 47.8 Å². The van der Waals surface area contributed by atoms with E-state index in [0.29, 0.717) is 12.2 Å². The molecule has 7 rings (SSSR count). The molecule has 4 fully saturated rings. The molecule has 7 heterocycles. The standard InChI is InChI=1S/C17H27BN2O3.C11H15BrN2O.C7H14O.C5H3BrFN.CH4.B31/c1-12-10-20(11-13(2)21-12)15-8-7-14(9-19-15)18-22-16(3,4)17(5,6)23-18;1-8-6-14(7-9(2)15-8)11-4-3-10(12)5-13-11;1-6-4-3-5-7(2)8-6;6-4-1-2-5(7)8-3-4;;1-17-25(16)29(24(14)15)31(28(22(10)11)23(12)13)30(26(18(2)3)19(4)5)27(20(6)7)21(8)9/h7-9,12-13H,10-11H2,1-6H3;3-5,8-9H,6-7H2,1-2H3;6-7H,3-5H2,1-2H3;1-3H;1H4;. The zero-order valence-corrected chi connectivity index (χ0v) is 54.7. The van der Waals surface area contributed by atoms with Crippen molar-refractivity contribution < 1.29 is 27.9 Å². The molecule has 0 saturated carbocycles. The first kappa shape index (κ1) is 81.9. The van der Waals surface area contributed by atoms with E-state index in [9.17, 15) is 4.39 Å². The number of morpholine rings is 2. The molecule has 45 heteroatoms. The Labute approximate surface area is 564 Å². The Hall–Kier alpha value is -0.182. The van der Waals surface area contributed by atoms with E-state index in [2.05, 4.69) is 132 Å². The number of rotatable bonds is 17. The minimum Gasteiger partial charge on any atom is -0.399 e. The third-order valence-corrected chi connectivity index (χ3v) is 16.8. The highest BCUT2D eigenvalue weighted by Gasteiger charge is 2.54. The molecule has 4 aliphatic heterocycles. The molecule has 6 unspecified atom stereocenters. The zero-order valence-electron chi connectivity index (χ0n) is 51.5. The van der Waals surface area contributed by atoms with Crippen LogP contribution in [0.2, 0.25) is 0 Å². The Morgan fingerprint density at radius 3 is 1.08 bits per heavy atom. The van der Waals surface area contributed by atoms with Crippen LogP contribution in [0.25, 0.3) is 0 Å². The van der Waals surface area contributed by atoms with Gasteiger partial charge in [-0.2, -0.15) is 4.39 Å². The average Bonchev–Trinajstić information content (AvgIpc) is 1.41. The van der Waals surface area contributed by atoms with E-state index in [1.807, 2.05) is 30.6 Å². The van der Waals surface area contributed by atoms with Gasteiger partial charge in [0.1, 0.15) is 11.6 Å². The Morgan fingerprint density at radius 1 is 0.488 bits per heavy atom. The van der Waals surface area contributed by atoms with E-state index in [-0.39, 0.29) is 50.2 Å². The van der Waals surface area contributed by atoms with Crippen LogP contribution in [0.4, 0.5) is 16.0 Å². The van der Waals surface area contributed by atoms with E-state index < -0.39 is 95.3 Å². The molecule has 0 aromatic carbocycles. The first-order valence-corrected chi connectivity index (χ1v) is 30.7. The maximum absolute atomic E-state index is 12.0. The summed E-state index contributed by atoms with van der Waals surface area (Å²) in [6, 6.07) is 11.1. The SMILES string of the molecule is C.CC1CCCC(C)O1.CC1CN(c2ccc(B3OC(C)(C)C(C)(C)O3)cn2)CC(C)O1.CC1CN(c2ccc(Br)cn2)CC(C)O1.Fc1ccc(Br)cn1.[B][B]B([B])B(B([B])[B])B(B(B([B])[B])B([B])[B])B(B(B([B])[B])B([B])[B])B(B([B])[B])B([B])[B]. The van der Waals surface area contributed by atoms with Gasteiger partial charge in [0.15, 0.2) is 0 Å².